The topological polar surface area (TPSA) is 58.1 Å². The number of piperidine rings is 1. The normalized spacial score (nSPS) is 14.5. The van der Waals surface area contributed by atoms with Crippen molar-refractivity contribution >= 4 is 11.9 Å². The molecule has 154 valence electrons. The molecular weight excluding hydrogens is 372 g/mol. The Balaban J connectivity index is 1.30. The van der Waals surface area contributed by atoms with Gasteiger partial charge in [0.2, 0.25) is 11.9 Å². The maximum atomic E-state index is 12.6. The Hall–Kier alpha value is -3.21. The lowest BCUT2D eigenvalue weighted by molar-refractivity contribution is -0.125. The Morgan fingerprint density at radius 2 is 1.63 bits per heavy atom. The van der Waals surface area contributed by atoms with Crippen LogP contribution in [0.25, 0.3) is 11.1 Å². The molecule has 2 heterocycles. The van der Waals surface area contributed by atoms with E-state index in [0.29, 0.717) is 6.54 Å². The Morgan fingerprint density at radius 1 is 0.967 bits per heavy atom. The summed E-state index contributed by atoms with van der Waals surface area (Å²) in [6, 6.07) is 16.6. The summed E-state index contributed by atoms with van der Waals surface area (Å²) < 4.78 is 0. The minimum Gasteiger partial charge on any atom is -0.352 e. The van der Waals surface area contributed by atoms with Crippen molar-refractivity contribution in [3.63, 3.8) is 0 Å². The van der Waals surface area contributed by atoms with Gasteiger partial charge in [0.05, 0.1) is 0 Å². The molecule has 30 heavy (non-hydrogen) atoms. The fourth-order valence-corrected chi connectivity index (χ4v) is 3.96. The minimum atomic E-state index is 0.0534. The number of nitrogens with one attached hydrogen (secondary N) is 1. The predicted octanol–water partition coefficient (Wildman–Crippen LogP) is 4.29. The van der Waals surface area contributed by atoms with Crippen LogP contribution in [0.2, 0.25) is 0 Å². The summed E-state index contributed by atoms with van der Waals surface area (Å²) >= 11 is 0. The van der Waals surface area contributed by atoms with Crippen LogP contribution in [0.3, 0.4) is 0 Å². The van der Waals surface area contributed by atoms with Crippen LogP contribution in [0.1, 0.15) is 29.5 Å². The number of amides is 1. The van der Waals surface area contributed by atoms with Crippen molar-refractivity contribution in [2.24, 2.45) is 5.92 Å². The van der Waals surface area contributed by atoms with Gasteiger partial charge in [-0.1, -0.05) is 59.7 Å². The van der Waals surface area contributed by atoms with Gasteiger partial charge in [-0.15, -0.1) is 0 Å². The second-order valence-corrected chi connectivity index (χ2v) is 8.11. The van der Waals surface area contributed by atoms with E-state index in [2.05, 4.69) is 64.4 Å². The van der Waals surface area contributed by atoms with Crippen molar-refractivity contribution in [2.75, 3.05) is 18.0 Å². The Morgan fingerprint density at radius 3 is 2.30 bits per heavy atom. The summed E-state index contributed by atoms with van der Waals surface area (Å²) in [4.78, 5) is 23.9. The first-order valence-corrected chi connectivity index (χ1v) is 10.6. The minimum absolute atomic E-state index is 0.0534. The lowest BCUT2D eigenvalue weighted by Gasteiger charge is -2.31. The van der Waals surface area contributed by atoms with Gasteiger partial charge in [-0.05, 0) is 37.8 Å². The molecule has 1 aliphatic rings. The van der Waals surface area contributed by atoms with Crippen LogP contribution in [0.5, 0.6) is 0 Å². The quantitative estimate of drug-likeness (QED) is 0.694. The van der Waals surface area contributed by atoms with E-state index in [1.807, 2.05) is 30.6 Å². The number of anilines is 1. The maximum Gasteiger partial charge on any atom is 0.225 e. The zero-order chi connectivity index (χ0) is 20.9. The third-order valence-corrected chi connectivity index (χ3v) is 5.69. The largest absolute Gasteiger partial charge is 0.352 e. The van der Waals surface area contributed by atoms with E-state index >= 15 is 0 Å². The van der Waals surface area contributed by atoms with E-state index < -0.39 is 0 Å². The zero-order valence-corrected chi connectivity index (χ0v) is 17.6. The first-order valence-electron chi connectivity index (χ1n) is 10.6. The molecule has 0 unspecified atom stereocenters. The smallest absolute Gasteiger partial charge is 0.225 e. The van der Waals surface area contributed by atoms with Crippen molar-refractivity contribution in [3.8, 4) is 11.1 Å². The van der Waals surface area contributed by atoms with Gasteiger partial charge in [-0.2, -0.15) is 0 Å². The zero-order valence-electron chi connectivity index (χ0n) is 17.6. The van der Waals surface area contributed by atoms with Gasteiger partial charge in [0.1, 0.15) is 0 Å². The number of benzene rings is 2. The van der Waals surface area contributed by atoms with Crippen LogP contribution in [0, 0.1) is 19.8 Å². The molecule has 2 aromatic carbocycles. The third kappa shape index (κ3) is 4.85. The number of rotatable bonds is 5. The molecule has 1 amide bonds. The number of carbonyl (C=O) groups excluding carboxylic acids is 1. The fourth-order valence-electron chi connectivity index (χ4n) is 3.96. The van der Waals surface area contributed by atoms with Gasteiger partial charge >= 0.3 is 0 Å². The highest BCUT2D eigenvalue weighted by Gasteiger charge is 2.26. The van der Waals surface area contributed by atoms with E-state index in [-0.39, 0.29) is 11.8 Å². The Kier molecular flexibility index (Phi) is 6.07. The summed E-state index contributed by atoms with van der Waals surface area (Å²) in [5.74, 6) is 0.939. The van der Waals surface area contributed by atoms with Crippen molar-refractivity contribution in [1.29, 1.82) is 0 Å². The number of nitrogens with zero attached hydrogens (tertiary/aromatic N) is 3. The average molecular weight is 401 g/mol. The predicted molar refractivity (Wildman–Crippen MR) is 120 cm³/mol. The summed E-state index contributed by atoms with van der Waals surface area (Å²) in [7, 11) is 0. The first kappa shape index (κ1) is 20.1. The van der Waals surface area contributed by atoms with Gasteiger partial charge < -0.3 is 10.2 Å². The molecule has 0 saturated carbocycles. The van der Waals surface area contributed by atoms with Crippen LogP contribution in [-0.4, -0.2) is 29.0 Å². The molecule has 3 aromatic rings. The van der Waals surface area contributed by atoms with Crippen LogP contribution < -0.4 is 10.2 Å². The van der Waals surface area contributed by atoms with Crippen molar-refractivity contribution in [3.05, 3.63) is 77.6 Å². The molecule has 1 saturated heterocycles. The lowest BCUT2D eigenvalue weighted by Crippen LogP contribution is -2.41. The number of aryl methyl sites for hydroxylation is 2. The van der Waals surface area contributed by atoms with Crippen LogP contribution >= 0.6 is 0 Å². The number of aromatic nitrogens is 2. The Bertz CT molecular complexity index is 1010. The highest BCUT2D eigenvalue weighted by atomic mass is 16.1. The molecule has 1 aliphatic heterocycles. The molecule has 0 bridgehead atoms. The van der Waals surface area contributed by atoms with E-state index in [1.54, 1.807) is 0 Å². The van der Waals surface area contributed by atoms with Crippen molar-refractivity contribution < 1.29 is 4.79 Å². The monoisotopic (exact) mass is 400 g/mol. The number of hydrogen-bond donors (Lipinski definition) is 1. The third-order valence-electron chi connectivity index (χ3n) is 5.69. The van der Waals surface area contributed by atoms with Crippen LogP contribution in [0.15, 0.2) is 60.9 Å². The molecule has 0 radical (unpaired) electrons. The summed E-state index contributed by atoms with van der Waals surface area (Å²) in [6.07, 6.45) is 5.42. The van der Waals surface area contributed by atoms with Gasteiger partial charge in [-0.25, -0.2) is 9.97 Å². The van der Waals surface area contributed by atoms with E-state index in [9.17, 15) is 4.79 Å². The van der Waals surface area contributed by atoms with Crippen molar-refractivity contribution in [1.82, 2.24) is 15.3 Å². The molecule has 1 N–H and O–H groups in total. The van der Waals surface area contributed by atoms with Gasteiger partial charge in [0.15, 0.2) is 0 Å². The average Bonchev–Trinajstić information content (AvgIpc) is 2.78. The Labute approximate surface area is 178 Å². The second-order valence-electron chi connectivity index (χ2n) is 8.11. The second kappa shape index (κ2) is 9.08. The number of hydrogen-bond acceptors (Lipinski definition) is 4. The summed E-state index contributed by atoms with van der Waals surface area (Å²) in [5, 5.41) is 3.09. The molecule has 0 aliphatic carbocycles. The standard InChI is InChI=1S/C25H28N4O/c1-18-5-3-7-20(13-18)15-26-24(30)21-9-11-29(12-10-21)25-27-16-23(17-28-25)22-8-4-6-19(2)14-22/h3-8,13-14,16-17,21H,9-12,15H2,1-2H3,(H,26,30). The van der Waals surface area contributed by atoms with Crippen molar-refractivity contribution in [2.45, 2.75) is 33.2 Å². The lowest BCUT2D eigenvalue weighted by atomic mass is 9.96. The van der Waals surface area contributed by atoms with Crippen LogP contribution in [0.4, 0.5) is 5.95 Å². The molecule has 0 atom stereocenters. The van der Waals surface area contributed by atoms with E-state index in [1.165, 1.54) is 11.1 Å². The summed E-state index contributed by atoms with van der Waals surface area (Å²) in [6.45, 7) is 6.33. The van der Waals surface area contributed by atoms with Gasteiger partial charge in [0.25, 0.3) is 0 Å². The molecule has 0 spiro atoms. The van der Waals surface area contributed by atoms with Crippen LogP contribution in [-0.2, 0) is 11.3 Å². The molecule has 4 rings (SSSR count). The molecule has 5 nitrogen and oxygen atoms in total. The highest BCUT2D eigenvalue weighted by molar-refractivity contribution is 5.79. The first-order chi connectivity index (χ1) is 14.6. The SMILES string of the molecule is Cc1cccc(CNC(=O)C2CCN(c3ncc(-c4cccc(C)c4)cn3)CC2)c1. The van der Waals surface area contributed by atoms with E-state index in [0.717, 1.165) is 48.6 Å². The van der Waals surface area contributed by atoms with E-state index in [4.69, 9.17) is 0 Å². The summed E-state index contributed by atoms with van der Waals surface area (Å²) in [5.41, 5.74) is 5.73. The molecule has 5 heteroatoms. The molecule has 1 aromatic heterocycles. The number of carbonyl (C=O) groups is 1. The fraction of sp³-hybridized carbons (Fsp3) is 0.320. The van der Waals surface area contributed by atoms with Gasteiger partial charge in [-0.3, -0.25) is 4.79 Å². The maximum absolute atomic E-state index is 12.6. The van der Waals surface area contributed by atoms with Gasteiger partial charge in [0, 0.05) is 43.5 Å². The molecule has 1 fully saturated rings. The highest BCUT2D eigenvalue weighted by Crippen LogP contribution is 2.23. The molecular formula is C25H28N4O.